The van der Waals surface area contributed by atoms with Crippen LogP contribution in [-0.2, 0) is 0 Å². The highest BCUT2D eigenvalue weighted by Crippen LogP contribution is 2.31. The van der Waals surface area contributed by atoms with Crippen molar-refractivity contribution in [2.45, 2.75) is 12.1 Å². The highest BCUT2D eigenvalue weighted by atomic mass is 16.5. The zero-order valence-corrected chi connectivity index (χ0v) is 10.0. The van der Waals surface area contributed by atoms with Gasteiger partial charge in [-0.05, 0) is 17.7 Å². The summed E-state index contributed by atoms with van der Waals surface area (Å²) in [5, 5.41) is 3.45. The van der Waals surface area contributed by atoms with Gasteiger partial charge >= 0.3 is 0 Å². The van der Waals surface area contributed by atoms with E-state index in [9.17, 15) is 0 Å². The lowest BCUT2D eigenvalue weighted by atomic mass is 9.99. The van der Waals surface area contributed by atoms with Crippen LogP contribution in [0.15, 0.2) is 54.6 Å². The standard InChI is InChI=1S/C15H16N2O/c16-15(11-6-2-1-3-7-11)13-10-18-14-9-5-4-8-12(14)17-13/h1-9,13,15,17H,10,16H2. The molecule has 3 nitrogen and oxygen atoms in total. The second kappa shape index (κ2) is 4.70. The summed E-state index contributed by atoms with van der Waals surface area (Å²) in [4.78, 5) is 0. The van der Waals surface area contributed by atoms with Crippen molar-refractivity contribution < 1.29 is 4.74 Å². The van der Waals surface area contributed by atoms with E-state index >= 15 is 0 Å². The van der Waals surface area contributed by atoms with Gasteiger partial charge in [0, 0.05) is 0 Å². The fourth-order valence-corrected chi connectivity index (χ4v) is 2.23. The number of nitrogens with two attached hydrogens (primary N) is 1. The van der Waals surface area contributed by atoms with Crippen LogP contribution in [0.1, 0.15) is 11.6 Å². The number of fused-ring (bicyclic) bond motifs is 1. The minimum Gasteiger partial charge on any atom is -0.489 e. The molecule has 2 aromatic carbocycles. The van der Waals surface area contributed by atoms with E-state index in [4.69, 9.17) is 10.5 Å². The van der Waals surface area contributed by atoms with Gasteiger partial charge in [0.1, 0.15) is 12.4 Å². The van der Waals surface area contributed by atoms with E-state index in [1.807, 2.05) is 54.6 Å². The molecule has 3 heteroatoms. The van der Waals surface area contributed by atoms with Crippen LogP contribution in [0, 0.1) is 0 Å². The number of anilines is 1. The van der Waals surface area contributed by atoms with E-state index in [0.717, 1.165) is 17.0 Å². The predicted molar refractivity (Wildman–Crippen MR) is 72.7 cm³/mol. The fourth-order valence-electron chi connectivity index (χ4n) is 2.23. The molecule has 2 atom stereocenters. The maximum atomic E-state index is 6.28. The van der Waals surface area contributed by atoms with Crippen LogP contribution >= 0.6 is 0 Å². The minimum atomic E-state index is -0.0699. The van der Waals surface area contributed by atoms with E-state index in [-0.39, 0.29) is 12.1 Å². The zero-order valence-electron chi connectivity index (χ0n) is 10.0. The molecule has 18 heavy (non-hydrogen) atoms. The molecule has 2 aromatic rings. The third-order valence-corrected chi connectivity index (χ3v) is 3.26. The van der Waals surface area contributed by atoms with Crippen LogP contribution < -0.4 is 15.8 Å². The number of hydrogen-bond acceptors (Lipinski definition) is 3. The van der Waals surface area contributed by atoms with Crippen molar-refractivity contribution in [2.75, 3.05) is 11.9 Å². The summed E-state index contributed by atoms with van der Waals surface area (Å²) in [5.74, 6) is 0.897. The van der Waals surface area contributed by atoms with Crippen LogP contribution in [0.3, 0.4) is 0 Å². The molecule has 1 aliphatic rings. The van der Waals surface area contributed by atoms with Gasteiger partial charge in [-0.2, -0.15) is 0 Å². The van der Waals surface area contributed by atoms with Crippen LogP contribution in [0.25, 0.3) is 0 Å². The van der Waals surface area contributed by atoms with Gasteiger partial charge in [-0.15, -0.1) is 0 Å². The quantitative estimate of drug-likeness (QED) is 0.848. The molecule has 3 N–H and O–H groups in total. The second-order valence-electron chi connectivity index (χ2n) is 4.49. The molecule has 2 unspecified atom stereocenters. The number of ether oxygens (including phenoxy) is 1. The Hall–Kier alpha value is -2.00. The molecule has 0 radical (unpaired) electrons. The monoisotopic (exact) mass is 240 g/mol. The molecule has 0 spiro atoms. The Morgan fingerprint density at radius 3 is 2.61 bits per heavy atom. The van der Waals surface area contributed by atoms with Crippen molar-refractivity contribution in [3.8, 4) is 5.75 Å². The summed E-state index contributed by atoms with van der Waals surface area (Å²) < 4.78 is 5.74. The van der Waals surface area contributed by atoms with E-state index in [2.05, 4.69) is 5.32 Å². The van der Waals surface area contributed by atoms with E-state index < -0.39 is 0 Å². The first kappa shape index (κ1) is 11.1. The highest BCUT2D eigenvalue weighted by Gasteiger charge is 2.24. The topological polar surface area (TPSA) is 47.3 Å². The summed E-state index contributed by atoms with van der Waals surface area (Å²) in [7, 11) is 0. The Morgan fingerprint density at radius 1 is 1.06 bits per heavy atom. The van der Waals surface area contributed by atoms with Gasteiger partial charge in [0.05, 0.1) is 17.8 Å². The first-order valence-corrected chi connectivity index (χ1v) is 6.13. The number of nitrogens with one attached hydrogen (secondary N) is 1. The average molecular weight is 240 g/mol. The van der Waals surface area contributed by atoms with E-state index in [0.29, 0.717) is 6.61 Å². The minimum absolute atomic E-state index is 0.0699. The smallest absolute Gasteiger partial charge is 0.142 e. The normalized spacial score (nSPS) is 19.3. The molecular weight excluding hydrogens is 224 g/mol. The lowest BCUT2D eigenvalue weighted by molar-refractivity contribution is 0.268. The van der Waals surface area contributed by atoms with Crippen molar-refractivity contribution in [1.82, 2.24) is 0 Å². The fraction of sp³-hybridized carbons (Fsp3) is 0.200. The first-order chi connectivity index (χ1) is 8.84. The molecule has 1 aliphatic heterocycles. The SMILES string of the molecule is NC(c1ccccc1)C1COc2ccccc2N1. The maximum Gasteiger partial charge on any atom is 0.142 e. The van der Waals surface area contributed by atoms with Crippen LogP contribution in [0.2, 0.25) is 0 Å². The van der Waals surface area contributed by atoms with Crippen molar-refractivity contribution in [3.63, 3.8) is 0 Å². The van der Waals surface area contributed by atoms with Crippen LogP contribution in [0.4, 0.5) is 5.69 Å². The van der Waals surface area contributed by atoms with Gasteiger partial charge in [-0.1, -0.05) is 42.5 Å². The summed E-state index contributed by atoms with van der Waals surface area (Å²) in [6.07, 6.45) is 0. The molecule has 3 rings (SSSR count). The largest absolute Gasteiger partial charge is 0.489 e. The third-order valence-electron chi connectivity index (χ3n) is 3.26. The van der Waals surface area contributed by atoms with Gasteiger partial charge in [0.25, 0.3) is 0 Å². The van der Waals surface area contributed by atoms with Gasteiger partial charge in [0.2, 0.25) is 0 Å². The number of hydrogen-bond donors (Lipinski definition) is 2. The molecule has 0 fully saturated rings. The third kappa shape index (κ3) is 2.05. The number of para-hydroxylation sites is 2. The predicted octanol–water partition coefficient (Wildman–Crippen LogP) is 2.56. The second-order valence-corrected chi connectivity index (χ2v) is 4.49. The molecule has 0 saturated heterocycles. The number of benzene rings is 2. The first-order valence-electron chi connectivity index (χ1n) is 6.13. The average Bonchev–Trinajstić information content (AvgIpc) is 2.47. The Bertz CT molecular complexity index is 527. The van der Waals surface area contributed by atoms with Crippen LogP contribution in [0.5, 0.6) is 5.75 Å². The molecule has 0 amide bonds. The lowest BCUT2D eigenvalue weighted by Crippen LogP contribution is -2.40. The highest BCUT2D eigenvalue weighted by molar-refractivity contribution is 5.58. The Balaban J connectivity index is 1.80. The van der Waals surface area contributed by atoms with Gasteiger partial charge < -0.3 is 15.8 Å². The Labute approximate surface area is 107 Å². The Kier molecular flexibility index (Phi) is 2.90. The van der Waals surface area contributed by atoms with Gasteiger partial charge in [-0.3, -0.25) is 0 Å². The molecule has 1 heterocycles. The molecule has 0 saturated carbocycles. The summed E-state index contributed by atoms with van der Waals surface area (Å²) in [5.41, 5.74) is 8.42. The summed E-state index contributed by atoms with van der Waals surface area (Å²) >= 11 is 0. The van der Waals surface area contributed by atoms with Gasteiger partial charge in [0.15, 0.2) is 0 Å². The zero-order chi connectivity index (χ0) is 12.4. The molecular formula is C15H16N2O. The van der Waals surface area contributed by atoms with Crippen molar-refractivity contribution >= 4 is 5.69 Å². The maximum absolute atomic E-state index is 6.28. The van der Waals surface area contributed by atoms with E-state index in [1.165, 1.54) is 0 Å². The van der Waals surface area contributed by atoms with E-state index in [1.54, 1.807) is 0 Å². The van der Waals surface area contributed by atoms with Crippen molar-refractivity contribution in [1.29, 1.82) is 0 Å². The molecule has 0 bridgehead atoms. The summed E-state index contributed by atoms with van der Waals surface area (Å²) in [6, 6.07) is 18.1. The molecule has 0 aromatic heterocycles. The van der Waals surface area contributed by atoms with Crippen molar-refractivity contribution in [3.05, 3.63) is 60.2 Å². The van der Waals surface area contributed by atoms with Gasteiger partial charge in [-0.25, -0.2) is 0 Å². The van der Waals surface area contributed by atoms with Crippen molar-refractivity contribution in [2.24, 2.45) is 5.73 Å². The lowest BCUT2D eigenvalue weighted by Gasteiger charge is -2.31. The molecule has 0 aliphatic carbocycles. The van der Waals surface area contributed by atoms with Crippen LogP contribution in [-0.4, -0.2) is 12.6 Å². The summed E-state index contributed by atoms with van der Waals surface area (Å²) in [6.45, 7) is 0.590. The number of rotatable bonds is 2. The Morgan fingerprint density at radius 2 is 1.78 bits per heavy atom. The molecule has 92 valence electrons.